The number of nitrogens with zero attached hydrogens (tertiary/aromatic N) is 2. The highest BCUT2D eigenvalue weighted by Gasteiger charge is 2.39. The van der Waals surface area contributed by atoms with E-state index in [-0.39, 0.29) is 5.91 Å². The first-order valence-electron chi connectivity index (χ1n) is 7.74. The lowest BCUT2D eigenvalue weighted by Crippen LogP contribution is -2.45. The largest absolute Gasteiger partial charge is 0.365 e. The van der Waals surface area contributed by atoms with E-state index in [0.717, 1.165) is 49.7 Å². The Morgan fingerprint density at radius 2 is 2.24 bits per heavy atom. The minimum absolute atomic E-state index is 0.341. The van der Waals surface area contributed by atoms with Crippen molar-refractivity contribution in [3.63, 3.8) is 0 Å². The quantitative estimate of drug-likeness (QED) is 0.862. The molecule has 5 nitrogen and oxygen atoms in total. The minimum Gasteiger partial charge on any atom is -0.365 e. The van der Waals surface area contributed by atoms with Crippen LogP contribution in [0.4, 0.5) is 5.82 Å². The van der Waals surface area contributed by atoms with Crippen LogP contribution in [-0.2, 0) is 0 Å². The Bertz CT molecular complexity index is 564. The molecule has 1 amide bonds. The number of carbonyl (C=O) groups excluding carboxylic acids is 1. The van der Waals surface area contributed by atoms with Crippen LogP contribution >= 0.6 is 0 Å². The molecule has 3 heterocycles. The van der Waals surface area contributed by atoms with Crippen LogP contribution in [0.15, 0.2) is 6.07 Å². The van der Waals surface area contributed by atoms with Gasteiger partial charge < -0.3 is 16.0 Å². The zero-order chi connectivity index (χ0) is 15.0. The third-order valence-corrected chi connectivity index (χ3v) is 5.00. The molecule has 1 atom stereocenters. The van der Waals surface area contributed by atoms with E-state index in [1.165, 1.54) is 12.8 Å². The van der Waals surface area contributed by atoms with E-state index >= 15 is 0 Å². The standard InChI is InChI=1S/C16H24N4O/c1-11-8-13(14(17)21)15(19-12(11)2)20-7-3-4-16(10-20)5-6-18-9-16/h8,18H,3-7,9-10H2,1-2H3,(H2,17,21)/t16-/m0/s1. The molecule has 2 saturated heterocycles. The van der Waals surface area contributed by atoms with Gasteiger partial charge in [-0.3, -0.25) is 4.79 Å². The predicted octanol–water partition coefficient (Wildman–Crippen LogP) is 1.38. The summed E-state index contributed by atoms with van der Waals surface area (Å²) < 4.78 is 0. The summed E-state index contributed by atoms with van der Waals surface area (Å²) in [5.74, 6) is 0.390. The predicted molar refractivity (Wildman–Crippen MR) is 83.6 cm³/mol. The van der Waals surface area contributed by atoms with E-state index in [1.807, 2.05) is 19.9 Å². The number of nitrogens with one attached hydrogen (secondary N) is 1. The van der Waals surface area contributed by atoms with Gasteiger partial charge in [-0.2, -0.15) is 0 Å². The number of hydrogen-bond acceptors (Lipinski definition) is 4. The maximum absolute atomic E-state index is 11.8. The molecular formula is C16H24N4O. The minimum atomic E-state index is -0.384. The zero-order valence-electron chi connectivity index (χ0n) is 12.9. The van der Waals surface area contributed by atoms with Crippen LogP contribution < -0.4 is 16.0 Å². The Hall–Kier alpha value is -1.62. The Kier molecular flexibility index (Phi) is 3.61. The maximum atomic E-state index is 11.8. The Labute approximate surface area is 125 Å². The summed E-state index contributed by atoms with van der Waals surface area (Å²) in [6, 6.07) is 1.88. The van der Waals surface area contributed by atoms with E-state index in [1.54, 1.807) is 0 Å². The highest BCUT2D eigenvalue weighted by molar-refractivity contribution is 5.98. The van der Waals surface area contributed by atoms with Crippen molar-refractivity contribution in [2.45, 2.75) is 33.1 Å². The van der Waals surface area contributed by atoms with Crippen molar-refractivity contribution in [3.8, 4) is 0 Å². The molecule has 114 valence electrons. The number of aromatic nitrogens is 1. The Morgan fingerprint density at radius 1 is 1.43 bits per heavy atom. The van der Waals surface area contributed by atoms with E-state index in [2.05, 4.69) is 15.2 Å². The highest BCUT2D eigenvalue weighted by Crippen LogP contribution is 2.37. The number of rotatable bonds is 2. The second-order valence-electron chi connectivity index (χ2n) is 6.58. The molecule has 0 saturated carbocycles. The first-order valence-corrected chi connectivity index (χ1v) is 7.74. The lowest BCUT2D eigenvalue weighted by atomic mass is 9.79. The molecule has 3 rings (SSSR count). The molecule has 0 radical (unpaired) electrons. The van der Waals surface area contributed by atoms with Crippen LogP contribution in [0.2, 0.25) is 0 Å². The first-order chi connectivity index (χ1) is 10.0. The summed E-state index contributed by atoms with van der Waals surface area (Å²) in [6.07, 6.45) is 3.61. The van der Waals surface area contributed by atoms with Gasteiger partial charge in [-0.25, -0.2) is 4.98 Å². The number of nitrogens with two attached hydrogens (primary N) is 1. The summed E-state index contributed by atoms with van der Waals surface area (Å²) in [5, 5.41) is 3.47. The van der Waals surface area contributed by atoms with Crippen molar-refractivity contribution in [3.05, 3.63) is 22.9 Å². The van der Waals surface area contributed by atoms with Gasteiger partial charge in [0.05, 0.1) is 5.56 Å². The van der Waals surface area contributed by atoms with E-state index < -0.39 is 0 Å². The highest BCUT2D eigenvalue weighted by atomic mass is 16.1. The molecular weight excluding hydrogens is 264 g/mol. The smallest absolute Gasteiger partial charge is 0.252 e. The van der Waals surface area contributed by atoms with Crippen molar-refractivity contribution in [1.29, 1.82) is 0 Å². The van der Waals surface area contributed by atoms with Crippen LogP contribution in [-0.4, -0.2) is 37.1 Å². The number of piperidine rings is 1. The number of hydrogen-bond donors (Lipinski definition) is 2. The van der Waals surface area contributed by atoms with Crippen molar-refractivity contribution in [2.75, 3.05) is 31.1 Å². The molecule has 21 heavy (non-hydrogen) atoms. The second kappa shape index (κ2) is 5.30. The molecule has 0 aromatic carbocycles. The topological polar surface area (TPSA) is 71.2 Å². The molecule has 2 fully saturated rings. The number of amides is 1. The fourth-order valence-electron chi connectivity index (χ4n) is 3.65. The van der Waals surface area contributed by atoms with Crippen LogP contribution in [0.1, 0.15) is 40.9 Å². The maximum Gasteiger partial charge on any atom is 0.252 e. The number of primary amides is 1. The van der Waals surface area contributed by atoms with E-state index in [0.29, 0.717) is 11.0 Å². The van der Waals surface area contributed by atoms with Gasteiger partial charge in [-0.05, 0) is 51.3 Å². The summed E-state index contributed by atoms with van der Waals surface area (Å²) in [4.78, 5) is 18.7. The van der Waals surface area contributed by atoms with Crippen molar-refractivity contribution < 1.29 is 4.79 Å². The third kappa shape index (κ3) is 2.62. The Balaban J connectivity index is 1.95. The fourth-order valence-corrected chi connectivity index (χ4v) is 3.65. The lowest BCUT2D eigenvalue weighted by molar-refractivity contribution is 0.1000. The van der Waals surface area contributed by atoms with Gasteiger partial charge in [0.25, 0.3) is 5.91 Å². The first kappa shape index (κ1) is 14.3. The molecule has 2 aliphatic rings. The molecule has 1 aromatic rings. The van der Waals surface area contributed by atoms with E-state index in [4.69, 9.17) is 5.73 Å². The van der Waals surface area contributed by atoms with Crippen LogP contribution in [0.25, 0.3) is 0 Å². The van der Waals surface area contributed by atoms with Gasteiger partial charge in [0.1, 0.15) is 5.82 Å². The summed E-state index contributed by atoms with van der Waals surface area (Å²) in [6.45, 7) is 8.04. The molecule has 0 bridgehead atoms. The van der Waals surface area contributed by atoms with Crippen LogP contribution in [0.5, 0.6) is 0 Å². The number of aryl methyl sites for hydroxylation is 2. The average Bonchev–Trinajstić information content (AvgIpc) is 2.89. The SMILES string of the molecule is Cc1cc(C(N)=O)c(N2CCC[C@@]3(CCNC3)C2)nc1C. The fraction of sp³-hybridized carbons (Fsp3) is 0.625. The van der Waals surface area contributed by atoms with Gasteiger partial charge in [0.2, 0.25) is 0 Å². The molecule has 0 unspecified atom stereocenters. The molecule has 1 aromatic heterocycles. The summed E-state index contributed by atoms with van der Waals surface area (Å²) in [7, 11) is 0. The molecule has 5 heteroatoms. The van der Waals surface area contributed by atoms with Gasteiger partial charge in [-0.15, -0.1) is 0 Å². The van der Waals surface area contributed by atoms with Crippen molar-refractivity contribution in [2.24, 2.45) is 11.1 Å². The van der Waals surface area contributed by atoms with Gasteiger partial charge in [0, 0.05) is 30.7 Å². The average molecular weight is 288 g/mol. The third-order valence-electron chi connectivity index (χ3n) is 5.00. The van der Waals surface area contributed by atoms with E-state index in [9.17, 15) is 4.79 Å². The summed E-state index contributed by atoms with van der Waals surface area (Å²) >= 11 is 0. The summed E-state index contributed by atoms with van der Waals surface area (Å²) in [5.41, 5.74) is 8.45. The zero-order valence-corrected chi connectivity index (χ0v) is 12.9. The van der Waals surface area contributed by atoms with Gasteiger partial charge >= 0.3 is 0 Å². The molecule has 3 N–H and O–H groups in total. The van der Waals surface area contributed by atoms with Crippen molar-refractivity contribution in [1.82, 2.24) is 10.3 Å². The van der Waals surface area contributed by atoms with Crippen molar-refractivity contribution >= 4 is 11.7 Å². The molecule has 0 aliphatic carbocycles. The normalized spacial score (nSPS) is 25.5. The number of pyridine rings is 1. The molecule has 1 spiro atoms. The van der Waals surface area contributed by atoms with Crippen LogP contribution in [0.3, 0.4) is 0 Å². The van der Waals surface area contributed by atoms with Gasteiger partial charge in [0.15, 0.2) is 0 Å². The van der Waals surface area contributed by atoms with Crippen LogP contribution in [0, 0.1) is 19.3 Å². The Morgan fingerprint density at radius 3 is 2.90 bits per heavy atom. The second-order valence-corrected chi connectivity index (χ2v) is 6.58. The monoisotopic (exact) mass is 288 g/mol. The number of anilines is 1. The van der Waals surface area contributed by atoms with Gasteiger partial charge in [-0.1, -0.05) is 0 Å². The number of carbonyl (C=O) groups is 1. The molecule has 2 aliphatic heterocycles. The lowest BCUT2D eigenvalue weighted by Gasteiger charge is -2.41.